The summed E-state index contributed by atoms with van der Waals surface area (Å²) in [6.45, 7) is 4.14. The second-order valence-electron chi connectivity index (χ2n) is 9.51. The van der Waals surface area contributed by atoms with Crippen LogP contribution in [-0.4, -0.2) is 71.2 Å². The number of amides is 1. The largest absolute Gasteiger partial charge is 0.476 e. The highest BCUT2D eigenvalue weighted by molar-refractivity contribution is 7.48. The van der Waals surface area contributed by atoms with Crippen LogP contribution >= 0.6 is 7.82 Å². The molecule has 0 radical (unpaired) electrons. The summed E-state index contributed by atoms with van der Waals surface area (Å²) in [6, 6.07) is 6.76. The van der Waals surface area contributed by atoms with Gasteiger partial charge in [0.1, 0.15) is 12.4 Å². The number of pyridine rings is 3. The molecule has 0 atom stereocenters. The maximum atomic E-state index is 14.1. The summed E-state index contributed by atoms with van der Waals surface area (Å²) in [5.74, 6) is -0.810. The standard InChI is InChI=1S/C29H34FN6O5P/c1-6-39-42(38,40-7-2)41-20-36-19-26(21-10-11-32-27(30)15-21)25-14-23(17-33-29(25)36)22-13-24(18-31-16-22)35(5)28(37)9-8-12-34(3)4/h8-11,13-19H,6-7,12,20H2,1-5H3/b9-8+. The molecule has 0 fully saturated rings. The third-order valence-electron chi connectivity index (χ3n) is 6.19. The number of carbonyl (C=O) groups is 1. The van der Waals surface area contributed by atoms with Gasteiger partial charge in [-0.25, -0.2) is 14.5 Å². The van der Waals surface area contributed by atoms with E-state index in [2.05, 4.69) is 15.0 Å². The Kier molecular flexibility index (Phi) is 10.3. The van der Waals surface area contributed by atoms with Crippen molar-refractivity contribution in [1.82, 2.24) is 24.4 Å². The number of hydrogen-bond acceptors (Lipinski definition) is 9. The van der Waals surface area contributed by atoms with Crippen LogP contribution in [-0.2, 0) is 29.7 Å². The molecule has 1 amide bonds. The van der Waals surface area contributed by atoms with E-state index in [-0.39, 0.29) is 25.9 Å². The SMILES string of the molecule is CCOP(=O)(OCC)OCn1cc(-c2ccnc(F)c2)c2cc(-c3cncc(N(C)C(=O)/C=C/CN(C)C)c3)cnc21. The van der Waals surface area contributed by atoms with Gasteiger partial charge in [-0.1, -0.05) is 6.08 Å². The van der Waals surface area contributed by atoms with Crippen LogP contribution in [0.15, 0.2) is 67.4 Å². The first kappa shape index (κ1) is 31.1. The Bertz CT molecular complexity index is 1620. The summed E-state index contributed by atoms with van der Waals surface area (Å²) < 4.78 is 44.7. The van der Waals surface area contributed by atoms with Crippen molar-refractivity contribution in [3.8, 4) is 22.3 Å². The van der Waals surface area contributed by atoms with Crippen molar-refractivity contribution in [1.29, 1.82) is 0 Å². The van der Waals surface area contributed by atoms with Crippen LogP contribution in [0.4, 0.5) is 10.1 Å². The molecule has 0 aromatic carbocycles. The van der Waals surface area contributed by atoms with Gasteiger partial charge in [0.2, 0.25) is 11.9 Å². The molecule has 0 N–H and O–H groups in total. The van der Waals surface area contributed by atoms with E-state index in [1.54, 1.807) is 62.4 Å². The van der Waals surface area contributed by atoms with E-state index in [9.17, 15) is 13.8 Å². The van der Waals surface area contributed by atoms with Gasteiger partial charge in [-0.2, -0.15) is 4.39 Å². The molecule has 11 nitrogen and oxygen atoms in total. The Balaban J connectivity index is 1.72. The van der Waals surface area contributed by atoms with Gasteiger partial charge in [-0.15, -0.1) is 0 Å². The molecule has 42 heavy (non-hydrogen) atoms. The van der Waals surface area contributed by atoms with Crippen molar-refractivity contribution in [2.75, 3.05) is 45.8 Å². The smallest absolute Gasteiger partial charge is 0.310 e. The normalized spacial score (nSPS) is 12.1. The number of halogens is 1. The Morgan fingerprint density at radius 2 is 1.74 bits per heavy atom. The van der Waals surface area contributed by atoms with Crippen LogP contribution in [0.25, 0.3) is 33.3 Å². The Morgan fingerprint density at radius 1 is 1.00 bits per heavy atom. The lowest BCUT2D eigenvalue weighted by atomic mass is 10.0. The first-order chi connectivity index (χ1) is 20.1. The molecule has 0 aliphatic carbocycles. The zero-order valence-corrected chi connectivity index (χ0v) is 25.1. The number of anilines is 1. The molecule has 4 heterocycles. The molecule has 0 unspecified atom stereocenters. The van der Waals surface area contributed by atoms with E-state index in [1.807, 2.05) is 31.1 Å². The fourth-order valence-corrected chi connectivity index (χ4v) is 5.28. The van der Waals surface area contributed by atoms with Crippen LogP contribution in [0.5, 0.6) is 0 Å². The number of carbonyl (C=O) groups excluding carboxylic acids is 1. The fraction of sp³-hybridized carbons (Fsp3) is 0.310. The summed E-state index contributed by atoms with van der Waals surface area (Å²) in [7, 11) is 1.74. The van der Waals surface area contributed by atoms with E-state index >= 15 is 0 Å². The molecule has 4 rings (SSSR count). The highest BCUT2D eigenvalue weighted by atomic mass is 31.2. The van der Waals surface area contributed by atoms with Crippen LogP contribution < -0.4 is 4.90 Å². The molecule has 0 saturated carbocycles. The predicted molar refractivity (Wildman–Crippen MR) is 159 cm³/mol. The topological polar surface area (TPSA) is 112 Å². The quantitative estimate of drug-likeness (QED) is 0.112. The highest BCUT2D eigenvalue weighted by Crippen LogP contribution is 2.49. The highest BCUT2D eigenvalue weighted by Gasteiger charge is 2.26. The minimum atomic E-state index is -3.79. The van der Waals surface area contributed by atoms with E-state index in [1.165, 1.54) is 23.2 Å². The molecule has 0 spiro atoms. The molecule has 222 valence electrons. The van der Waals surface area contributed by atoms with Gasteiger partial charge < -0.3 is 14.4 Å². The van der Waals surface area contributed by atoms with E-state index in [0.717, 1.165) is 11.1 Å². The van der Waals surface area contributed by atoms with Crippen LogP contribution in [0.3, 0.4) is 0 Å². The molecule has 0 aliphatic rings. The van der Waals surface area contributed by atoms with Gasteiger partial charge in [-0.05, 0) is 51.7 Å². The maximum Gasteiger partial charge on any atom is 0.476 e. The lowest BCUT2D eigenvalue weighted by molar-refractivity contribution is -0.113. The van der Waals surface area contributed by atoms with E-state index in [0.29, 0.717) is 34.4 Å². The minimum Gasteiger partial charge on any atom is -0.310 e. The summed E-state index contributed by atoms with van der Waals surface area (Å²) in [5.41, 5.74) is 3.81. The average molecular weight is 597 g/mol. The molecular formula is C29H34FN6O5P. The van der Waals surface area contributed by atoms with Gasteiger partial charge in [0.05, 0.1) is 25.1 Å². The van der Waals surface area contributed by atoms with E-state index in [4.69, 9.17) is 13.6 Å². The van der Waals surface area contributed by atoms with Crippen molar-refractivity contribution >= 4 is 30.5 Å². The number of aromatic nitrogens is 4. The number of phosphoric acid groups is 1. The van der Waals surface area contributed by atoms with Crippen molar-refractivity contribution in [2.24, 2.45) is 0 Å². The Labute approximate surface area is 244 Å². The van der Waals surface area contributed by atoms with Crippen LogP contribution in [0.1, 0.15) is 13.8 Å². The summed E-state index contributed by atoms with van der Waals surface area (Å²) in [4.78, 5) is 28.8. The first-order valence-corrected chi connectivity index (χ1v) is 14.8. The number of rotatable bonds is 13. The van der Waals surface area contributed by atoms with Crippen molar-refractivity contribution in [2.45, 2.75) is 20.6 Å². The lowest BCUT2D eigenvalue weighted by Crippen LogP contribution is -2.24. The molecule has 0 bridgehead atoms. The molecule has 4 aromatic heterocycles. The average Bonchev–Trinajstić information content (AvgIpc) is 3.34. The van der Waals surface area contributed by atoms with Crippen molar-refractivity contribution < 1.29 is 27.3 Å². The number of fused-ring (bicyclic) bond motifs is 1. The Morgan fingerprint density at radius 3 is 2.43 bits per heavy atom. The molecular weight excluding hydrogens is 562 g/mol. The van der Waals surface area contributed by atoms with E-state index < -0.39 is 13.8 Å². The molecule has 4 aromatic rings. The van der Waals surface area contributed by atoms with Gasteiger partial charge in [0, 0.05) is 72.6 Å². The van der Waals surface area contributed by atoms with Gasteiger partial charge in [-0.3, -0.25) is 23.3 Å². The third kappa shape index (κ3) is 7.53. The predicted octanol–water partition coefficient (Wildman–Crippen LogP) is 5.54. The monoisotopic (exact) mass is 596 g/mol. The zero-order chi connectivity index (χ0) is 30.3. The van der Waals surface area contributed by atoms with Crippen LogP contribution in [0.2, 0.25) is 0 Å². The summed E-state index contributed by atoms with van der Waals surface area (Å²) >= 11 is 0. The molecule has 0 aliphatic heterocycles. The molecule has 13 heteroatoms. The van der Waals surface area contributed by atoms with Gasteiger partial charge in [0.15, 0.2) is 0 Å². The lowest BCUT2D eigenvalue weighted by Gasteiger charge is -2.17. The van der Waals surface area contributed by atoms with Gasteiger partial charge in [0.25, 0.3) is 0 Å². The fourth-order valence-electron chi connectivity index (χ4n) is 4.16. The number of phosphoric ester groups is 1. The first-order valence-electron chi connectivity index (χ1n) is 13.3. The second kappa shape index (κ2) is 13.9. The molecule has 0 saturated heterocycles. The summed E-state index contributed by atoms with van der Waals surface area (Å²) in [6.07, 6.45) is 11.4. The number of hydrogen-bond donors (Lipinski definition) is 0. The summed E-state index contributed by atoms with van der Waals surface area (Å²) in [5, 5.41) is 0.686. The van der Waals surface area contributed by atoms with Crippen LogP contribution in [0, 0.1) is 5.95 Å². The minimum absolute atomic E-state index is 0.146. The number of likely N-dealkylation sites (N-methyl/N-ethyl adjacent to an activating group) is 2. The number of nitrogens with zero attached hydrogens (tertiary/aromatic N) is 6. The second-order valence-corrected chi connectivity index (χ2v) is 11.2. The van der Waals surface area contributed by atoms with Crippen molar-refractivity contribution in [3.05, 3.63) is 73.3 Å². The zero-order valence-electron chi connectivity index (χ0n) is 24.2. The third-order valence-corrected chi connectivity index (χ3v) is 7.77. The maximum absolute atomic E-state index is 14.1. The van der Waals surface area contributed by atoms with Crippen molar-refractivity contribution in [3.63, 3.8) is 0 Å². The van der Waals surface area contributed by atoms with Gasteiger partial charge >= 0.3 is 7.82 Å². The Hall–Kier alpha value is -3.80.